The van der Waals surface area contributed by atoms with Gasteiger partial charge in [0.2, 0.25) is 0 Å². The van der Waals surface area contributed by atoms with Crippen LogP contribution < -0.4 is 0 Å². The molecule has 22 heavy (non-hydrogen) atoms. The smallest absolute Gasteiger partial charge is 0.356 e. The molecule has 1 aromatic carbocycles. The fraction of sp³-hybridized carbons (Fsp3) is 0.444. The molecule has 0 spiro atoms. The molecule has 0 saturated heterocycles. The number of benzene rings is 1. The largest absolute Gasteiger partial charge is 0.456 e. The first-order valence-electron chi connectivity index (χ1n) is 8.09. The van der Waals surface area contributed by atoms with E-state index in [1.807, 2.05) is 30.3 Å². The topological polar surface area (TPSA) is 55.0 Å². The third kappa shape index (κ3) is 3.75. The molecule has 1 heterocycles. The van der Waals surface area contributed by atoms with E-state index in [9.17, 15) is 4.79 Å². The van der Waals surface area contributed by atoms with Crippen LogP contribution in [0.25, 0.3) is 0 Å². The highest BCUT2D eigenvalue weighted by molar-refractivity contribution is 5.87. The number of H-pyrrole nitrogens is 1. The van der Waals surface area contributed by atoms with Gasteiger partial charge in [0.15, 0.2) is 0 Å². The predicted molar refractivity (Wildman–Crippen MR) is 84.6 cm³/mol. The summed E-state index contributed by atoms with van der Waals surface area (Å²) in [5.74, 6) is 1.06. The predicted octanol–water partition coefficient (Wildman–Crippen LogP) is 4.20. The van der Waals surface area contributed by atoms with Crippen LogP contribution in [0.1, 0.15) is 66.3 Å². The fourth-order valence-corrected chi connectivity index (χ4v) is 3.00. The van der Waals surface area contributed by atoms with Crippen LogP contribution in [-0.4, -0.2) is 15.9 Å². The Morgan fingerprint density at radius 2 is 1.86 bits per heavy atom. The molecule has 1 fully saturated rings. The molecule has 2 aromatic rings. The summed E-state index contributed by atoms with van der Waals surface area (Å²) in [5.41, 5.74) is 1.44. The Hall–Kier alpha value is -2.10. The lowest BCUT2D eigenvalue weighted by molar-refractivity contribution is 0.0466. The maximum absolute atomic E-state index is 12.1. The lowest BCUT2D eigenvalue weighted by atomic mass is 10.00. The molecule has 1 saturated carbocycles. The van der Waals surface area contributed by atoms with Crippen molar-refractivity contribution >= 4 is 5.97 Å². The van der Waals surface area contributed by atoms with Gasteiger partial charge >= 0.3 is 5.97 Å². The van der Waals surface area contributed by atoms with Crippen LogP contribution in [0.15, 0.2) is 36.5 Å². The molecule has 0 unspecified atom stereocenters. The van der Waals surface area contributed by atoms with Crippen molar-refractivity contribution in [1.29, 1.82) is 0 Å². The Bertz CT molecular complexity index is 599. The monoisotopic (exact) mass is 298 g/mol. The summed E-state index contributed by atoms with van der Waals surface area (Å²) in [6.07, 6.45) is 9.04. The number of imidazole rings is 1. The van der Waals surface area contributed by atoms with Crippen LogP contribution in [0, 0.1) is 0 Å². The molecule has 1 aliphatic rings. The number of carbonyl (C=O) groups is 1. The summed E-state index contributed by atoms with van der Waals surface area (Å²) in [7, 11) is 0. The summed E-state index contributed by atoms with van der Waals surface area (Å²) in [5, 5.41) is 0. The highest BCUT2D eigenvalue weighted by atomic mass is 16.5. The van der Waals surface area contributed by atoms with Crippen LogP contribution in [0.2, 0.25) is 0 Å². The van der Waals surface area contributed by atoms with E-state index in [1.165, 1.54) is 25.7 Å². The Morgan fingerprint density at radius 3 is 2.59 bits per heavy atom. The number of aromatic nitrogens is 2. The first-order chi connectivity index (χ1) is 10.8. The number of nitrogens with one attached hydrogen (secondary N) is 1. The lowest BCUT2D eigenvalue weighted by Gasteiger charge is -2.10. The zero-order valence-corrected chi connectivity index (χ0v) is 12.8. The second kappa shape index (κ2) is 7.25. The number of nitrogens with zero attached hydrogens (tertiary/aromatic N) is 1. The third-order valence-electron chi connectivity index (χ3n) is 4.27. The molecule has 4 nitrogen and oxygen atoms in total. The molecule has 0 bridgehead atoms. The molecule has 1 aliphatic carbocycles. The van der Waals surface area contributed by atoms with Crippen LogP contribution in [0.5, 0.6) is 0 Å². The van der Waals surface area contributed by atoms with Gasteiger partial charge in [-0.05, 0) is 18.4 Å². The number of hydrogen-bond acceptors (Lipinski definition) is 3. The molecule has 0 aliphatic heterocycles. The average Bonchev–Trinajstić information content (AvgIpc) is 2.89. The SMILES string of the molecule is O=C(OCc1ccccc1)c1cnc(C2CCCCCC2)[nH]1. The maximum atomic E-state index is 12.1. The van der Waals surface area contributed by atoms with Crippen molar-refractivity contribution in [3.8, 4) is 0 Å². The van der Waals surface area contributed by atoms with Gasteiger partial charge in [-0.15, -0.1) is 0 Å². The van der Waals surface area contributed by atoms with Crippen molar-refractivity contribution in [3.05, 3.63) is 53.6 Å². The van der Waals surface area contributed by atoms with Gasteiger partial charge in [-0.1, -0.05) is 56.0 Å². The molecule has 0 atom stereocenters. The highest BCUT2D eigenvalue weighted by Gasteiger charge is 2.19. The van der Waals surface area contributed by atoms with Crippen LogP contribution in [-0.2, 0) is 11.3 Å². The van der Waals surface area contributed by atoms with Crippen LogP contribution in [0.3, 0.4) is 0 Å². The number of esters is 1. The summed E-state index contributed by atoms with van der Waals surface area (Å²) >= 11 is 0. The van der Waals surface area contributed by atoms with Crippen molar-refractivity contribution < 1.29 is 9.53 Å². The van der Waals surface area contributed by atoms with Crippen molar-refractivity contribution in [3.63, 3.8) is 0 Å². The average molecular weight is 298 g/mol. The van der Waals surface area contributed by atoms with E-state index < -0.39 is 0 Å². The molecular weight excluding hydrogens is 276 g/mol. The minimum Gasteiger partial charge on any atom is -0.456 e. The van der Waals surface area contributed by atoms with E-state index in [1.54, 1.807) is 6.20 Å². The van der Waals surface area contributed by atoms with Gasteiger partial charge in [-0.2, -0.15) is 0 Å². The molecule has 116 valence electrons. The van der Waals surface area contributed by atoms with Crippen LogP contribution in [0.4, 0.5) is 0 Å². The van der Waals surface area contributed by atoms with Gasteiger partial charge in [0, 0.05) is 5.92 Å². The molecule has 3 rings (SSSR count). The lowest BCUT2D eigenvalue weighted by Crippen LogP contribution is -2.06. The van der Waals surface area contributed by atoms with Crippen molar-refractivity contribution in [2.75, 3.05) is 0 Å². The minimum atomic E-state index is -0.337. The summed E-state index contributed by atoms with van der Waals surface area (Å²) < 4.78 is 5.33. The Kier molecular flexibility index (Phi) is 4.88. The number of aromatic amines is 1. The van der Waals surface area contributed by atoms with Crippen LogP contribution >= 0.6 is 0 Å². The number of rotatable bonds is 4. The second-order valence-corrected chi connectivity index (χ2v) is 5.93. The van der Waals surface area contributed by atoms with Gasteiger partial charge in [0.25, 0.3) is 0 Å². The quantitative estimate of drug-likeness (QED) is 0.679. The van der Waals surface area contributed by atoms with E-state index >= 15 is 0 Å². The van der Waals surface area contributed by atoms with Crippen molar-refractivity contribution in [1.82, 2.24) is 9.97 Å². The zero-order valence-electron chi connectivity index (χ0n) is 12.8. The Balaban J connectivity index is 1.59. The second-order valence-electron chi connectivity index (χ2n) is 5.93. The molecule has 1 N–H and O–H groups in total. The van der Waals surface area contributed by atoms with Gasteiger partial charge in [-0.3, -0.25) is 0 Å². The van der Waals surface area contributed by atoms with Gasteiger partial charge in [0.05, 0.1) is 6.20 Å². The third-order valence-corrected chi connectivity index (χ3v) is 4.27. The van der Waals surface area contributed by atoms with E-state index in [2.05, 4.69) is 9.97 Å². The molecule has 0 amide bonds. The van der Waals surface area contributed by atoms with E-state index in [4.69, 9.17) is 4.74 Å². The summed E-state index contributed by atoms with van der Waals surface area (Å²) in [6.45, 7) is 0.289. The molecule has 1 aromatic heterocycles. The van der Waals surface area contributed by atoms with Crippen molar-refractivity contribution in [2.24, 2.45) is 0 Å². The standard InChI is InChI=1S/C18H22N2O2/c21-18(22-13-14-8-4-3-5-9-14)16-12-19-17(20-16)15-10-6-1-2-7-11-15/h3-5,8-9,12,15H,1-2,6-7,10-11,13H2,(H,19,20). The molecule has 4 heteroatoms. The van der Waals surface area contributed by atoms with E-state index in [0.717, 1.165) is 24.2 Å². The van der Waals surface area contributed by atoms with Crippen molar-refractivity contribution in [2.45, 2.75) is 51.0 Å². The Morgan fingerprint density at radius 1 is 1.14 bits per heavy atom. The molecule has 0 radical (unpaired) electrons. The fourth-order valence-electron chi connectivity index (χ4n) is 3.00. The van der Waals surface area contributed by atoms with E-state index in [0.29, 0.717) is 11.6 Å². The zero-order chi connectivity index (χ0) is 15.2. The summed E-state index contributed by atoms with van der Waals surface area (Å²) in [6, 6.07) is 9.70. The number of hydrogen-bond donors (Lipinski definition) is 1. The van der Waals surface area contributed by atoms with E-state index in [-0.39, 0.29) is 12.6 Å². The molecular formula is C18H22N2O2. The normalized spacial score (nSPS) is 16.2. The number of carbonyl (C=O) groups excluding carboxylic acids is 1. The van der Waals surface area contributed by atoms with Gasteiger partial charge in [0.1, 0.15) is 18.1 Å². The maximum Gasteiger partial charge on any atom is 0.356 e. The van der Waals surface area contributed by atoms with Gasteiger partial charge in [-0.25, -0.2) is 9.78 Å². The van der Waals surface area contributed by atoms with Gasteiger partial charge < -0.3 is 9.72 Å². The number of ether oxygens (including phenoxy) is 1. The first kappa shape index (κ1) is 14.8. The highest BCUT2D eigenvalue weighted by Crippen LogP contribution is 2.29. The summed E-state index contributed by atoms with van der Waals surface area (Å²) in [4.78, 5) is 19.7. The Labute approximate surface area is 130 Å². The first-order valence-corrected chi connectivity index (χ1v) is 8.09. The minimum absolute atomic E-state index is 0.289.